The van der Waals surface area contributed by atoms with Crippen molar-refractivity contribution >= 4 is 177 Å². The molecule has 0 bridgehead atoms. The summed E-state index contributed by atoms with van der Waals surface area (Å²) < 4.78 is 40.5. The molecule has 618 valence electrons. The zero-order chi connectivity index (χ0) is 85.4. The number of carbonyl (C=O) groups is 5. The van der Waals surface area contributed by atoms with Crippen molar-refractivity contribution < 1.29 is 37.1 Å². The molecule has 8 heterocycles. The quantitative estimate of drug-likeness (QED) is 0.112. The van der Waals surface area contributed by atoms with E-state index in [1.807, 2.05) is 148 Å². The fraction of sp³-hybridized carbons (Fsp3) is 0.287. The van der Waals surface area contributed by atoms with Crippen molar-refractivity contribution in [2.75, 3.05) is 118 Å². The second-order valence-corrected chi connectivity index (χ2v) is 32.0. The number of nitrogens with zero attached hydrogens (tertiary/aromatic N) is 17. The minimum Gasteiger partial charge on any atom is -0.352 e. The smallest absolute Gasteiger partial charge is 0.352 e. The van der Waals surface area contributed by atoms with E-state index >= 15 is 0 Å². The van der Waals surface area contributed by atoms with E-state index in [0.717, 1.165) is 89.6 Å². The number of ketones is 2. The highest BCUT2D eigenvalue weighted by Crippen LogP contribution is 2.44. The van der Waals surface area contributed by atoms with E-state index in [4.69, 9.17) is 86.9 Å². The molecule has 12 aromatic rings. The average molecular weight is 1760 g/mol. The van der Waals surface area contributed by atoms with Gasteiger partial charge in [0.1, 0.15) is 66.4 Å². The van der Waals surface area contributed by atoms with Crippen LogP contribution < -0.4 is 25.3 Å². The van der Waals surface area contributed by atoms with Gasteiger partial charge < -0.3 is 40.0 Å². The number of rotatable bonds is 13. The molecule has 0 saturated carbocycles. The van der Waals surface area contributed by atoms with Crippen LogP contribution in [-0.4, -0.2) is 205 Å². The number of hydrogen-bond donors (Lipinski definition) is 1. The lowest BCUT2D eigenvalue weighted by Gasteiger charge is -2.40. The summed E-state index contributed by atoms with van der Waals surface area (Å²) in [5.41, 5.74) is 13.3. The number of aromatic nitrogens is 8. The Hall–Kier alpha value is -10.7. The van der Waals surface area contributed by atoms with Crippen molar-refractivity contribution in [1.29, 1.82) is 5.26 Å². The van der Waals surface area contributed by atoms with E-state index in [0.29, 0.717) is 138 Å². The molecule has 4 saturated heterocycles. The van der Waals surface area contributed by atoms with Gasteiger partial charge in [-0.05, 0) is 134 Å². The highest BCUT2D eigenvalue weighted by atomic mass is 35.5. The van der Waals surface area contributed by atoms with E-state index in [2.05, 4.69) is 55.7 Å². The molecule has 0 spiro atoms. The standard InChI is InChI=1S/C22H19Cl2N5O.C22H20Cl2N4O2.C22H20ClF3N4O.C21H21Cl2N5O/c1-14(30)11-28-6-7-29(12-17(28)10-25)22-19-8-18(15-2-4-16(23)5-3-15)20(24)9-21(19)26-13-27-22;1-13(29)21-11-27(7-8-28(21)14(2)30)22-18-9-17(15-3-5-16(23)6-4-15)19(24)10-20(18)25-12-26-22;1-2-20(31)29-7-9-30(10-8-29)21-16-11-18(23)15(12-19(16)27-13-28-21)14-5-3-4-6-17(14)22(24,25)26;1-13-11-27(6-7-28(13)20(29)10-24)21-17-8-16(14-2-4-15(22)5-3-14)18(23)9-19(17)25-12-26-21/h2-5,8-9,13,17H,6-7,11-12H2,1H3;3-6,9-10,12,21H,7-8,11H2,1-2H3;3-6,11-13H,2,7-10H2,1H3;2-5,8-9,12-13H,6-7,10-11,24H2,1H3. The summed E-state index contributed by atoms with van der Waals surface area (Å²) in [5, 5.41) is 16.9. The van der Waals surface area contributed by atoms with Crippen molar-refractivity contribution in [3.8, 4) is 50.6 Å². The summed E-state index contributed by atoms with van der Waals surface area (Å²) in [5.74, 6) is 2.98. The number of hydrogen-bond acceptors (Lipinski definition) is 20. The Morgan fingerprint density at radius 2 is 0.858 bits per heavy atom. The third-order valence-electron chi connectivity index (χ3n) is 21.4. The summed E-state index contributed by atoms with van der Waals surface area (Å²) in [4.78, 5) is 111. The maximum Gasteiger partial charge on any atom is 0.417 e. The number of benzene rings is 8. The van der Waals surface area contributed by atoms with Crippen molar-refractivity contribution in [1.82, 2.24) is 59.5 Å². The molecule has 33 heteroatoms. The molecule has 3 unspecified atom stereocenters. The molecule has 3 atom stereocenters. The molecular weight excluding hydrogens is 1680 g/mol. The van der Waals surface area contributed by atoms with E-state index in [-0.39, 0.29) is 70.6 Å². The minimum absolute atomic E-state index is 0.00811. The molecule has 23 nitrogen and oxygen atoms in total. The first-order chi connectivity index (χ1) is 57.6. The third-order valence-corrected chi connectivity index (χ3v) is 23.4. The van der Waals surface area contributed by atoms with Gasteiger partial charge in [0.2, 0.25) is 17.7 Å². The van der Waals surface area contributed by atoms with Crippen LogP contribution in [0.3, 0.4) is 0 Å². The molecule has 0 radical (unpaired) electrons. The first-order valence-corrected chi connectivity index (χ1v) is 41.1. The third kappa shape index (κ3) is 19.8. The van der Waals surface area contributed by atoms with Gasteiger partial charge in [0, 0.05) is 168 Å². The molecular formula is C87H80Cl7F3N18O5. The van der Waals surface area contributed by atoms with Gasteiger partial charge in [-0.2, -0.15) is 18.4 Å². The highest BCUT2D eigenvalue weighted by Gasteiger charge is 2.37. The van der Waals surface area contributed by atoms with Gasteiger partial charge in [-0.25, -0.2) is 39.9 Å². The average Bonchev–Trinajstić information content (AvgIpc) is 0.780. The van der Waals surface area contributed by atoms with Crippen LogP contribution in [0.15, 0.2) is 171 Å². The second-order valence-electron chi connectivity index (χ2n) is 29.1. The number of halogens is 10. The van der Waals surface area contributed by atoms with E-state index in [1.54, 1.807) is 36.4 Å². The van der Waals surface area contributed by atoms with Gasteiger partial charge in [0.05, 0.1) is 61.9 Å². The van der Waals surface area contributed by atoms with Crippen LogP contribution in [-0.2, 0) is 30.1 Å². The van der Waals surface area contributed by atoms with Crippen molar-refractivity contribution in [2.24, 2.45) is 5.73 Å². The minimum atomic E-state index is -4.50. The molecule has 8 aromatic carbocycles. The molecule has 4 aliphatic heterocycles. The Bertz CT molecular complexity index is 5890. The lowest BCUT2D eigenvalue weighted by Crippen LogP contribution is -2.57. The van der Waals surface area contributed by atoms with Crippen LogP contribution in [0, 0.1) is 11.3 Å². The van der Waals surface area contributed by atoms with Gasteiger partial charge in [-0.3, -0.25) is 28.9 Å². The zero-order valence-corrected chi connectivity index (χ0v) is 71.0. The topological polar surface area (TPSA) is 264 Å². The van der Waals surface area contributed by atoms with E-state index < -0.39 is 17.8 Å². The Morgan fingerprint density at radius 1 is 0.458 bits per heavy atom. The summed E-state index contributed by atoms with van der Waals surface area (Å²) in [6.07, 6.45) is 1.93. The first-order valence-electron chi connectivity index (χ1n) is 38.5. The maximum absolute atomic E-state index is 13.5. The van der Waals surface area contributed by atoms with Crippen LogP contribution in [0.4, 0.5) is 36.4 Å². The summed E-state index contributed by atoms with van der Waals surface area (Å²) in [6, 6.07) is 44.1. The van der Waals surface area contributed by atoms with Gasteiger partial charge in [-0.15, -0.1) is 0 Å². The fourth-order valence-electron chi connectivity index (χ4n) is 15.3. The molecule has 16 rings (SSSR count). The van der Waals surface area contributed by atoms with E-state index in [1.165, 1.54) is 45.0 Å². The summed E-state index contributed by atoms with van der Waals surface area (Å²) in [7, 11) is 0. The van der Waals surface area contributed by atoms with Crippen LogP contribution in [0.5, 0.6) is 0 Å². The largest absolute Gasteiger partial charge is 0.417 e. The Balaban J connectivity index is 0.000000138. The number of nitrogens with two attached hydrogens (primary N) is 1. The number of carbonyl (C=O) groups excluding carboxylic acids is 5. The summed E-state index contributed by atoms with van der Waals surface area (Å²) >= 11 is 44.1. The maximum atomic E-state index is 13.5. The van der Waals surface area contributed by atoms with Crippen LogP contribution in [0.1, 0.15) is 46.6 Å². The number of anilines is 4. The SMILES string of the molecule is CC(=O)C1CN(c2ncnc3cc(Cl)c(-c4ccc(Cl)cc4)cc23)CCN1C(C)=O.CC(=O)CN1CCN(c2ncnc3cc(Cl)c(-c4ccc(Cl)cc4)cc23)CC1C#N.CC1CN(c2ncnc3cc(Cl)c(-c4ccc(Cl)cc4)cc23)CCN1C(=O)CN.CCC(=O)N1CCN(c2ncnc3cc(-c4ccccc4C(F)(F)F)c(Cl)cc23)CC1. The number of fused-ring (bicyclic) bond motifs is 4. The molecule has 2 N–H and O–H groups in total. The normalized spacial score (nSPS) is 16.4. The summed E-state index contributed by atoms with van der Waals surface area (Å²) in [6.45, 7) is 16.3. The van der Waals surface area contributed by atoms with Gasteiger partial charge in [0.15, 0.2) is 5.78 Å². The number of nitriles is 1. The van der Waals surface area contributed by atoms with Crippen molar-refractivity contribution in [3.63, 3.8) is 0 Å². The molecule has 4 aliphatic rings. The highest BCUT2D eigenvalue weighted by molar-refractivity contribution is 6.36. The van der Waals surface area contributed by atoms with Gasteiger partial charge in [0.25, 0.3) is 0 Å². The first kappa shape index (κ1) is 87.1. The number of piperazine rings is 4. The molecule has 4 fully saturated rings. The number of amides is 3. The van der Waals surface area contributed by atoms with Crippen LogP contribution in [0.2, 0.25) is 35.2 Å². The fourth-order valence-corrected chi connectivity index (χ4v) is 16.8. The molecule has 4 aromatic heterocycles. The van der Waals surface area contributed by atoms with Crippen molar-refractivity contribution in [3.05, 3.63) is 212 Å². The van der Waals surface area contributed by atoms with Crippen molar-refractivity contribution in [2.45, 2.75) is 65.3 Å². The monoisotopic (exact) mass is 1760 g/mol. The molecule has 120 heavy (non-hydrogen) atoms. The van der Waals surface area contributed by atoms with Crippen LogP contribution in [0.25, 0.3) is 88.1 Å². The second kappa shape index (κ2) is 38.4. The zero-order valence-electron chi connectivity index (χ0n) is 65.7. The predicted molar refractivity (Wildman–Crippen MR) is 469 cm³/mol. The predicted octanol–water partition coefficient (Wildman–Crippen LogP) is 17.1. The Labute approximate surface area is 725 Å². The Kier molecular flexibility index (Phi) is 27.8. The lowest BCUT2D eigenvalue weighted by atomic mass is 9.98. The molecule has 3 amide bonds. The lowest BCUT2D eigenvalue weighted by molar-refractivity contribution is -0.137. The number of alkyl halides is 3. The van der Waals surface area contributed by atoms with Crippen LogP contribution >= 0.6 is 81.2 Å². The van der Waals surface area contributed by atoms with E-state index in [9.17, 15) is 42.4 Å². The Morgan fingerprint density at radius 3 is 1.27 bits per heavy atom. The van der Waals surface area contributed by atoms with Gasteiger partial charge in [-0.1, -0.05) is 143 Å². The number of Topliss-reactive ketones (excluding diaryl/α,β-unsaturated/α-hetero) is 2. The van der Waals surface area contributed by atoms with Gasteiger partial charge >= 0.3 is 6.18 Å². The molecule has 0 aliphatic carbocycles.